The van der Waals surface area contributed by atoms with Gasteiger partial charge in [-0.25, -0.2) is 4.79 Å². The fraction of sp³-hybridized carbons (Fsp3) is 0.529. The molecule has 1 heterocycles. The van der Waals surface area contributed by atoms with Crippen LogP contribution >= 0.6 is 11.6 Å². The number of aryl methyl sites for hydroxylation is 1. The molecule has 0 aromatic heterocycles. The van der Waals surface area contributed by atoms with Gasteiger partial charge in [0.15, 0.2) is 6.61 Å². The van der Waals surface area contributed by atoms with Crippen molar-refractivity contribution in [2.75, 3.05) is 32.2 Å². The number of hydrogen-bond acceptors (Lipinski definition) is 4. The lowest BCUT2D eigenvalue weighted by Gasteiger charge is -2.31. The van der Waals surface area contributed by atoms with E-state index in [1.165, 1.54) is 0 Å². The van der Waals surface area contributed by atoms with Gasteiger partial charge in [0, 0.05) is 19.1 Å². The largest absolute Gasteiger partial charge is 0.484 e. The summed E-state index contributed by atoms with van der Waals surface area (Å²) in [5.74, 6) is 0.811. The highest BCUT2D eigenvalue weighted by molar-refractivity contribution is 6.18. The standard InChI is InChI=1S/C17H23ClN2O4/c1-13-2-4-15(5-3-13)24-12-16(21)19-14-6-9-20(10-7-14)17(22)23-11-8-18/h2-5,14H,6-12H2,1H3,(H,19,21). The monoisotopic (exact) mass is 354 g/mol. The van der Waals surface area contributed by atoms with Gasteiger partial charge in [0.1, 0.15) is 12.4 Å². The van der Waals surface area contributed by atoms with E-state index >= 15 is 0 Å². The number of nitrogens with one attached hydrogen (secondary N) is 1. The van der Waals surface area contributed by atoms with E-state index in [1.807, 2.05) is 31.2 Å². The smallest absolute Gasteiger partial charge is 0.409 e. The van der Waals surface area contributed by atoms with Crippen LogP contribution in [-0.2, 0) is 9.53 Å². The third-order valence-electron chi connectivity index (χ3n) is 3.81. The minimum absolute atomic E-state index is 0.0129. The first-order valence-electron chi connectivity index (χ1n) is 8.05. The van der Waals surface area contributed by atoms with E-state index in [0.29, 0.717) is 37.6 Å². The molecular weight excluding hydrogens is 332 g/mol. The van der Waals surface area contributed by atoms with Gasteiger partial charge in [-0.1, -0.05) is 17.7 Å². The van der Waals surface area contributed by atoms with Crippen molar-refractivity contribution in [3.63, 3.8) is 0 Å². The maximum absolute atomic E-state index is 12.0. The second-order valence-electron chi connectivity index (χ2n) is 5.73. The Kier molecular flexibility index (Phi) is 7.18. The van der Waals surface area contributed by atoms with E-state index in [4.69, 9.17) is 21.1 Å². The lowest BCUT2D eigenvalue weighted by molar-refractivity contribution is -0.124. The van der Waals surface area contributed by atoms with Gasteiger partial charge >= 0.3 is 6.09 Å². The lowest BCUT2D eigenvalue weighted by Crippen LogP contribution is -2.47. The molecule has 2 rings (SSSR count). The first kappa shape index (κ1) is 18.4. The van der Waals surface area contributed by atoms with Crippen molar-refractivity contribution >= 4 is 23.6 Å². The summed E-state index contributed by atoms with van der Waals surface area (Å²) in [5, 5.41) is 2.94. The summed E-state index contributed by atoms with van der Waals surface area (Å²) >= 11 is 5.49. The number of piperidine rings is 1. The first-order valence-corrected chi connectivity index (χ1v) is 8.58. The average molecular weight is 355 g/mol. The van der Waals surface area contributed by atoms with Crippen LogP contribution in [0.2, 0.25) is 0 Å². The Hall–Kier alpha value is -1.95. The van der Waals surface area contributed by atoms with Gasteiger partial charge < -0.3 is 19.7 Å². The Morgan fingerprint density at radius 3 is 2.54 bits per heavy atom. The molecule has 1 fully saturated rings. The van der Waals surface area contributed by atoms with Crippen molar-refractivity contribution in [2.45, 2.75) is 25.8 Å². The molecule has 132 valence electrons. The summed E-state index contributed by atoms with van der Waals surface area (Å²) in [6, 6.07) is 7.61. The summed E-state index contributed by atoms with van der Waals surface area (Å²) in [6.45, 7) is 3.32. The second-order valence-corrected chi connectivity index (χ2v) is 6.11. The third kappa shape index (κ3) is 5.92. The van der Waals surface area contributed by atoms with Crippen LogP contribution in [0.3, 0.4) is 0 Å². The zero-order valence-corrected chi connectivity index (χ0v) is 14.6. The topological polar surface area (TPSA) is 67.9 Å². The summed E-state index contributed by atoms with van der Waals surface area (Å²) in [6.07, 6.45) is 1.06. The molecule has 0 bridgehead atoms. The van der Waals surface area contributed by atoms with Crippen molar-refractivity contribution in [1.82, 2.24) is 10.2 Å². The maximum Gasteiger partial charge on any atom is 0.409 e. The van der Waals surface area contributed by atoms with E-state index in [-0.39, 0.29) is 31.3 Å². The Morgan fingerprint density at radius 2 is 1.92 bits per heavy atom. The predicted octanol–water partition coefficient (Wildman–Crippen LogP) is 2.33. The first-order chi connectivity index (χ1) is 11.6. The molecule has 6 nitrogen and oxygen atoms in total. The van der Waals surface area contributed by atoms with Gasteiger partial charge in [0.05, 0.1) is 5.88 Å². The molecule has 1 N–H and O–H groups in total. The average Bonchev–Trinajstić information content (AvgIpc) is 2.60. The molecular formula is C17H23ClN2O4. The predicted molar refractivity (Wildman–Crippen MR) is 91.5 cm³/mol. The molecule has 7 heteroatoms. The van der Waals surface area contributed by atoms with E-state index in [1.54, 1.807) is 4.90 Å². The Balaban J connectivity index is 1.66. The Labute approximate surface area is 147 Å². The molecule has 0 spiro atoms. The van der Waals surface area contributed by atoms with E-state index in [9.17, 15) is 9.59 Å². The molecule has 1 aromatic rings. The van der Waals surface area contributed by atoms with E-state index < -0.39 is 0 Å². The van der Waals surface area contributed by atoms with Gasteiger partial charge in [-0.05, 0) is 31.9 Å². The van der Waals surface area contributed by atoms with Crippen LogP contribution in [0, 0.1) is 6.92 Å². The highest BCUT2D eigenvalue weighted by Gasteiger charge is 2.24. The maximum atomic E-state index is 12.0. The normalized spacial score (nSPS) is 15.0. The molecule has 0 radical (unpaired) electrons. The molecule has 1 aromatic carbocycles. The van der Waals surface area contributed by atoms with Crippen molar-refractivity contribution in [2.24, 2.45) is 0 Å². The van der Waals surface area contributed by atoms with Crippen molar-refractivity contribution < 1.29 is 19.1 Å². The molecule has 1 saturated heterocycles. The highest BCUT2D eigenvalue weighted by atomic mass is 35.5. The zero-order valence-electron chi connectivity index (χ0n) is 13.8. The number of benzene rings is 1. The quantitative estimate of drug-likeness (QED) is 0.796. The van der Waals surface area contributed by atoms with E-state index in [0.717, 1.165) is 5.56 Å². The number of carbonyl (C=O) groups is 2. The summed E-state index contributed by atoms with van der Waals surface area (Å²) < 4.78 is 10.4. The number of rotatable bonds is 6. The number of likely N-dealkylation sites (tertiary alicyclic amines) is 1. The van der Waals surface area contributed by atoms with Gasteiger partial charge in [-0.3, -0.25) is 4.79 Å². The molecule has 1 aliphatic rings. The van der Waals surface area contributed by atoms with Crippen molar-refractivity contribution in [1.29, 1.82) is 0 Å². The van der Waals surface area contributed by atoms with E-state index in [2.05, 4.69) is 5.32 Å². The summed E-state index contributed by atoms with van der Waals surface area (Å²) in [7, 11) is 0. The fourth-order valence-electron chi connectivity index (χ4n) is 2.48. The van der Waals surface area contributed by atoms with Crippen LogP contribution < -0.4 is 10.1 Å². The number of ether oxygens (including phenoxy) is 2. The Bertz CT molecular complexity index is 542. The number of nitrogens with zero attached hydrogens (tertiary/aromatic N) is 1. The molecule has 2 amide bonds. The number of halogens is 1. The number of alkyl halides is 1. The molecule has 1 aliphatic heterocycles. The van der Waals surface area contributed by atoms with Crippen LogP contribution in [0.5, 0.6) is 5.75 Å². The molecule has 0 atom stereocenters. The van der Waals surface area contributed by atoms with Crippen LogP contribution in [0.15, 0.2) is 24.3 Å². The molecule has 0 saturated carbocycles. The summed E-state index contributed by atoms with van der Waals surface area (Å²) in [4.78, 5) is 25.3. The number of carbonyl (C=O) groups excluding carboxylic acids is 2. The second kappa shape index (κ2) is 9.37. The number of hydrogen-bond donors (Lipinski definition) is 1. The van der Waals surface area contributed by atoms with Gasteiger partial charge in [-0.15, -0.1) is 11.6 Å². The lowest BCUT2D eigenvalue weighted by atomic mass is 10.1. The van der Waals surface area contributed by atoms with Crippen molar-refractivity contribution in [3.05, 3.63) is 29.8 Å². The fourth-order valence-corrected chi connectivity index (χ4v) is 2.55. The molecule has 0 aliphatic carbocycles. The zero-order chi connectivity index (χ0) is 17.4. The molecule has 0 unspecified atom stereocenters. The summed E-state index contributed by atoms with van der Waals surface area (Å²) in [5.41, 5.74) is 1.14. The van der Waals surface area contributed by atoms with Crippen molar-refractivity contribution in [3.8, 4) is 5.75 Å². The van der Waals surface area contributed by atoms with Gasteiger partial charge in [0.25, 0.3) is 5.91 Å². The van der Waals surface area contributed by atoms with Gasteiger partial charge in [-0.2, -0.15) is 0 Å². The van der Waals surface area contributed by atoms with Crippen LogP contribution in [0.1, 0.15) is 18.4 Å². The molecule has 24 heavy (non-hydrogen) atoms. The number of amides is 2. The highest BCUT2D eigenvalue weighted by Crippen LogP contribution is 2.13. The minimum Gasteiger partial charge on any atom is -0.484 e. The SMILES string of the molecule is Cc1ccc(OCC(=O)NC2CCN(C(=O)OCCCl)CC2)cc1. The Morgan fingerprint density at radius 1 is 1.25 bits per heavy atom. The van der Waals surface area contributed by atoms with Crippen LogP contribution in [0.4, 0.5) is 4.79 Å². The van der Waals surface area contributed by atoms with Crippen LogP contribution in [0.25, 0.3) is 0 Å². The minimum atomic E-state index is -0.344. The third-order valence-corrected chi connectivity index (χ3v) is 3.97. The van der Waals surface area contributed by atoms with Gasteiger partial charge in [0.2, 0.25) is 0 Å². The van der Waals surface area contributed by atoms with Crippen LogP contribution in [-0.4, -0.2) is 55.1 Å².